The van der Waals surface area contributed by atoms with Gasteiger partial charge < -0.3 is 18.9 Å². The predicted octanol–water partition coefficient (Wildman–Crippen LogP) is -0.751. The molecule has 0 radical (unpaired) electrons. The fourth-order valence-electron chi connectivity index (χ4n) is 0.295. The molecule has 1 atom stereocenters. The molecular formula is C4H9MgO4P. The van der Waals surface area contributed by atoms with Gasteiger partial charge in [0.1, 0.15) is 0 Å². The fourth-order valence-corrected chi connectivity index (χ4v) is 0.885. The van der Waals surface area contributed by atoms with Crippen LogP contribution in [0.1, 0.15) is 20.3 Å². The van der Waals surface area contributed by atoms with E-state index in [4.69, 9.17) is 0 Å². The summed E-state index contributed by atoms with van der Waals surface area (Å²) in [6.45, 7) is 3.27. The molecule has 0 amide bonds. The van der Waals surface area contributed by atoms with Gasteiger partial charge in [0.05, 0.1) is 13.9 Å². The number of hydrogen-bond donors (Lipinski definition) is 0. The zero-order valence-corrected chi connectivity index (χ0v) is 8.38. The standard InChI is InChI=1S/C4H11O4P.Mg/c1-3-4(2)8-9(5,6)7;/h4H,3H2,1-2H3,(H2,5,6,7);/q;+2/p-2. The van der Waals surface area contributed by atoms with Gasteiger partial charge in [0, 0.05) is 0 Å². The molecule has 10 heavy (non-hydrogen) atoms. The Kier molecular flexibility index (Phi) is 7.43. The first-order valence-corrected chi connectivity index (χ1v) is 4.12. The van der Waals surface area contributed by atoms with E-state index < -0.39 is 13.9 Å². The van der Waals surface area contributed by atoms with E-state index in [0.717, 1.165) is 0 Å². The maximum atomic E-state index is 9.85. The number of rotatable bonds is 3. The SMILES string of the molecule is CCC(C)OP(=O)([O-])[O-].[Mg+2]. The van der Waals surface area contributed by atoms with Gasteiger partial charge in [-0.2, -0.15) is 0 Å². The molecule has 0 saturated heterocycles. The van der Waals surface area contributed by atoms with Gasteiger partial charge in [0.15, 0.2) is 0 Å². The van der Waals surface area contributed by atoms with Crippen LogP contribution in [-0.2, 0) is 9.09 Å². The molecule has 0 aromatic rings. The van der Waals surface area contributed by atoms with Crippen molar-refractivity contribution in [1.29, 1.82) is 0 Å². The second-order valence-electron chi connectivity index (χ2n) is 1.77. The fraction of sp³-hybridized carbons (Fsp3) is 1.00. The van der Waals surface area contributed by atoms with Crippen LogP contribution in [0.4, 0.5) is 0 Å². The summed E-state index contributed by atoms with van der Waals surface area (Å²) < 4.78 is 13.9. The monoisotopic (exact) mass is 176 g/mol. The van der Waals surface area contributed by atoms with E-state index in [2.05, 4.69) is 4.52 Å². The topological polar surface area (TPSA) is 72.4 Å². The van der Waals surface area contributed by atoms with Crippen LogP contribution in [0, 0.1) is 0 Å². The minimum absolute atomic E-state index is 0. The van der Waals surface area contributed by atoms with Crippen LogP contribution in [0.15, 0.2) is 0 Å². The summed E-state index contributed by atoms with van der Waals surface area (Å²) in [7, 11) is -4.74. The Morgan fingerprint density at radius 1 is 1.60 bits per heavy atom. The smallest absolute Gasteiger partial charge is 0.790 e. The maximum absolute atomic E-state index is 9.85. The van der Waals surface area contributed by atoms with Crippen molar-refractivity contribution in [3.63, 3.8) is 0 Å². The van der Waals surface area contributed by atoms with Gasteiger partial charge in [-0.3, -0.25) is 0 Å². The van der Waals surface area contributed by atoms with Crippen LogP contribution in [-0.4, -0.2) is 29.2 Å². The molecule has 0 heterocycles. The third-order valence-corrected chi connectivity index (χ3v) is 1.50. The minimum atomic E-state index is -4.74. The molecular weight excluding hydrogens is 167 g/mol. The first kappa shape index (κ1) is 13.5. The Morgan fingerprint density at radius 2 is 2.00 bits per heavy atom. The molecule has 0 saturated carbocycles. The van der Waals surface area contributed by atoms with Crippen molar-refractivity contribution in [1.82, 2.24) is 0 Å². The zero-order chi connectivity index (χ0) is 7.49. The molecule has 0 bridgehead atoms. The van der Waals surface area contributed by atoms with E-state index in [0.29, 0.717) is 6.42 Å². The van der Waals surface area contributed by atoms with E-state index in [1.807, 2.05) is 0 Å². The molecule has 0 aliphatic heterocycles. The Morgan fingerprint density at radius 3 is 2.10 bits per heavy atom. The molecule has 0 aromatic carbocycles. The largest absolute Gasteiger partial charge is 2.00 e. The van der Waals surface area contributed by atoms with E-state index in [1.165, 1.54) is 6.92 Å². The summed E-state index contributed by atoms with van der Waals surface area (Å²) in [5.41, 5.74) is 0. The maximum Gasteiger partial charge on any atom is 2.00 e. The van der Waals surface area contributed by atoms with Crippen molar-refractivity contribution in [2.45, 2.75) is 26.4 Å². The summed E-state index contributed by atoms with van der Waals surface area (Å²) in [4.78, 5) is 19.7. The first-order chi connectivity index (χ1) is 3.95. The van der Waals surface area contributed by atoms with Crippen molar-refractivity contribution in [3.05, 3.63) is 0 Å². The zero-order valence-electron chi connectivity index (χ0n) is 6.07. The minimum Gasteiger partial charge on any atom is -0.790 e. The van der Waals surface area contributed by atoms with Crippen LogP contribution in [0.25, 0.3) is 0 Å². The number of phosphoric ester groups is 1. The summed E-state index contributed by atoms with van der Waals surface area (Å²) in [5, 5.41) is 0. The van der Waals surface area contributed by atoms with Gasteiger partial charge >= 0.3 is 23.1 Å². The van der Waals surface area contributed by atoms with Crippen LogP contribution in [0.2, 0.25) is 0 Å². The van der Waals surface area contributed by atoms with E-state index >= 15 is 0 Å². The average molecular weight is 176 g/mol. The van der Waals surface area contributed by atoms with E-state index in [9.17, 15) is 14.4 Å². The predicted molar refractivity (Wildman–Crippen MR) is 34.2 cm³/mol. The van der Waals surface area contributed by atoms with Crippen LogP contribution < -0.4 is 9.79 Å². The third-order valence-electron chi connectivity index (χ3n) is 0.884. The molecule has 1 unspecified atom stereocenters. The summed E-state index contributed by atoms with van der Waals surface area (Å²) in [6.07, 6.45) is 0.0277. The summed E-state index contributed by atoms with van der Waals surface area (Å²) in [6, 6.07) is 0. The molecule has 0 aromatic heterocycles. The van der Waals surface area contributed by atoms with Gasteiger partial charge in [-0.05, 0) is 13.3 Å². The quantitative estimate of drug-likeness (QED) is 0.419. The van der Waals surface area contributed by atoms with Crippen LogP contribution in [0.5, 0.6) is 0 Å². The molecule has 56 valence electrons. The molecule has 0 aliphatic carbocycles. The summed E-state index contributed by atoms with van der Waals surface area (Å²) in [5.74, 6) is 0. The molecule has 0 aliphatic rings. The molecule has 0 N–H and O–H groups in total. The molecule has 0 rings (SSSR count). The second kappa shape index (κ2) is 5.52. The van der Waals surface area contributed by atoms with Crippen molar-refractivity contribution in [3.8, 4) is 0 Å². The Labute approximate surface area is 76.4 Å². The Bertz CT molecular complexity index is 122. The second-order valence-corrected chi connectivity index (χ2v) is 2.88. The number of phosphoric acid groups is 1. The average Bonchev–Trinajstić information content (AvgIpc) is 1.62. The van der Waals surface area contributed by atoms with Crippen molar-refractivity contribution in [2.75, 3.05) is 0 Å². The molecule has 0 fully saturated rings. The van der Waals surface area contributed by atoms with Crippen LogP contribution >= 0.6 is 7.82 Å². The van der Waals surface area contributed by atoms with Crippen molar-refractivity contribution < 1.29 is 18.9 Å². The Balaban J connectivity index is 0. The third kappa shape index (κ3) is 8.88. The van der Waals surface area contributed by atoms with Gasteiger partial charge in [0.2, 0.25) is 0 Å². The summed E-state index contributed by atoms with van der Waals surface area (Å²) >= 11 is 0. The van der Waals surface area contributed by atoms with Crippen molar-refractivity contribution >= 4 is 30.9 Å². The van der Waals surface area contributed by atoms with E-state index in [1.54, 1.807) is 6.92 Å². The first-order valence-electron chi connectivity index (χ1n) is 2.66. The van der Waals surface area contributed by atoms with Gasteiger partial charge in [-0.15, -0.1) is 0 Å². The van der Waals surface area contributed by atoms with Gasteiger partial charge in [-0.25, -0.2) is 0 Å². The molecule has 6 heteroatoms. The van der Waals surface area contributed by atoms with Gasteiger partial charge in [0.25, 0.3) is 0 Å². The van der Waals surface area contributed by atoms with Crippen molar-refractivity contribution in [2.24, 2.45) is 0 Å². The molecule has 4 nitrogen and oxygen atoms in total. The normalized spacial score (nSPS) is 14.0. The van der Waals surface area contributed by atoms with Gasteiger partial charge in [-0.1, -0.05) is 6.92 Å². The Hall–Kier alpha value is 0.876. The van der Waals surface area contributed by atoms with Crippen LogP contribution in [0.3, 0.4) is 0 Å². The van der Waals surface area contributed by atoms with E-state index in [-0.39, 0.29) is 23.1 Å². The molecule has 0 spiro atoms. The number of hydrogen-bond acceptors (Lipinski definition) is 4.